The molecule has 3 heterocycles. The Morgan fingerprint density at radius 2 is 2.00 bits per heavy atom. The highest BCUT2D eigenvalue weighted by molar-refractivity contribution is 6.30. The fourth-order valence-corrected chi connectivity index (χ4v) is 2.66. The fourth-order valence-electron chi connectivity index (χ4n) is 2.55. The maximum absolute atomic E-state index is 12.3. The van der Waals surface area contributed by atoms with Crippen molar-refractivity contribution in [2.75, 3.05) is 26.2 Å². The molecule has 0 atom stereocenters. The summed E-state index contributed by atoms with van der Waals surface area (Å²) >= 11 is 5.84. The average molecular weight is 320 g/mol. The Bertz CT molecular complexity index is 646. The minimum atomic E-state index is 0.0531. The van der Waals surface area contributed by atoms with Gasteiger partial charge in [0.25, 0.3) is 5.91 Å². The van der Waals surface area contributed by atoms with Crippen molar-refractivity contribution in [2.24, 2.45) is 7.05 Å². The van der Waals surface area contributed by atoms with Crippen LogP contribution in [-0.4, -0.2) is 56.7 Å². The maximum atomic E-state index is 12.3. The predicted octanol–water partition coefficient (Wildman–Crippen LogP) is 1.43. The number of nitrogens with zero attached hydrogens (tertiary/aromatic N) is 5. The van der Waals surface area contributed by atoms with Crippen LogP contribution in [0.3, 0.4) is 0 Å². The van der Waals surface area contributed by atoms with E-state index in [1.807, 2.05) is 24.1 Å². The highest BCUT2D eigenvalue weighted by Crippen LogP contribution is 2.12. The molecule has 1 aliphatic rings. The standard InChI is InChI=1S/C15H18ClN5O/c1-19-10-12(8-18-19)15(22)21-6-4-20(5-7-21)11-14-3-2-13(16)9-17-14/h2-3,8-10H,4-7,11H2,1H3. The average Bonchev–Trinajstić information content (AvgIpc) is 2.96. The molecule has 0 aliphatic carbocycles. The summed E-state index contributed by atoms with van der Waals surface area (Å²) in [6, 6.07) is 3.79. The summed E-state index contributed by atoms with van der Waals surface area (Å²) in [5.41, 5.74) is 1.65. The molecule has 1 aliphatic heterocycles. The van der Waals surface area contributed by atoms with Gasteiger partial charge in [0.1, 0.15) is 0 Å². The second kappa shape index (κ2) is 6.46. The third kappa shape index (κ3) is 3.45. The van der Waals surface area contributed by atoms with Gasteiger partial charge in [-0.1, -0.05) is 11.6 Å². The minimum Gasteiger partial charge on any atom is -0.336 e. The van der Waals surface area contributed by atoms with Crippen molar-refractivity contribution in [2.45, 2.75) is 6.54 Å². The van der Waals surface area contributed by atoms with E-state index in [4.69, 9.17) is 11.6 Å². The van der Waals surface area contributed by atoms with Crippen LogP contribution in [0.2, 0.25) is 5.02 Å². The maximum Gasteiger partial charge on any atom is 0.257 e. The summed E-state index contributed by atoms with van der Waals surface area (Å²) in [5, 5.41) is 4.70. The van der Waals surface area contributed by atoms with Gasteiger partial charge >= 0.3 is 0 Å². The second-order valence-electron chi connectivity index (χ2n) is 5.44. The third-order valence-corrected chi connectivity index (χ3v) is 4.01. The lowest BCUT2D eigenvalue weighted by atomic mass is 10.2. The van der Waals surface area contributed by atoms with E-state index < -0.39 is 0 Å². The van der Waals surface area contributed by atoms with Gasteiger partial charge in [-0.3, -0.25) is 19.4 Å². The van der Waals surface area contributed by atoms with Crippen molar-refractivity contribution < 1.29 is 4.79 Å². The number of carbonyl (C=O) groups is 1. The Kier molecular flexibility index (Phi) is 4.40. The monoisotopic (exact) mass is 319 g/mol. The SMILES string of the molecule is Cn1cc(C(=O)N2CCN(Cc3ccc(Cl)cn3)CC2)cn1. The molecule has 0 aromatic carbocycles. The van der Waals surface area contributed by atoms with Gasteiger partial charge in [0, 0.05) is 52.2 Å². The van der Waals surface area contributed by atoms with Crippen molar-refractivity contribution in [1.82, 2.24) is 24.6 Å². The summed E-state index contributed by atoms with van der Waals surface area (Å²) in [7, 11) is 1.81. The molecule has 22 heavy (non-hydrogen) atoms. The van der Waals surface area contributed by atoms with E-state index in [9.17, 15) is 4.79 Å². The lowest BCUT2D eigenvalue weighted by Crippen LogP contribution is -2.48. The zero-order valence-corrected chi connectivity index (χ0v) is 13.2. The van der Waals surface area contributed by atoms with Crippen LogP contribution in [-0.2, 0) is 13.6 Å². The lowest BCUT2D eigenvalue weighted by Gasteiger charge is -2.34. The highest BCUT2D eigenvalue weighted by Gasteiger charge is 2.23. The summed E-state index contributed by atoms with van der Waals surface area (Å²) in [6.45, 7) is 3.92. The molecule has 0 saturated carbocycles. The molecule has 0 spiro atoms. The fraction of sp³-hybridized carbons (Fsp3) is 0.400. The molecule has 0 N–H and O–H groups in total. The Balaban J connectivity index is 1.54. The molecule has 6 nitrogen and oxygen atoms in total. The number of aromatic nitrogens is 3. The second-order valence-corrected chi connectivity index (χ2v) is 5.88. The molecule has 116 valence electrons. The molecule has 3 rings (SSSR count). The molecule has 0 bridgehead atoms. The number of amides is 1. The van der Waals surface area contributed by atoms with Crippen LogP contribution in [0.1, 0.15) is 16.1 Å². The number of aryl methyl sites for hydroxylation is 1. The first-order valence-electron chi connectivity index (χ1n) is 7.22. The molecule has 1 amide bonds. The van der Waals surface area contributed by atoms with E-state index in [0.29, 0.717) is 10.6 Å². The first-order valence-corrected chi connectivity index (χ1v) is 7.60. The van der Waals surface area contributed by atoms with E-state index in [1.54, 1.807) is 23.3 Å². The van der Waals surface area contributed by atoms with Gasteiger partial charge in [0.2, 0.25) is 0 Å². The van der Waals surface area contributed by atoms with E-state index in [0.717, 1.165) is 38.4 Å². The first kappa shape index (κ1) is 15.0. The molecule has 2 aromatic rings. The minimum absolute atomic E-state index is 0.0531. The van der Waals surface area contributed by atoms with Crippen molar-refractivity contribution in [1.29, 1.82) is 0 Å². The van der Waals surface area contributed by atoms with Crippen LogP contribution >= 0.6 is 11.6 Å². The van der Waals surface area contributed by atoms with Gasteiger partial charge in [-0.2, -0.15) is 5.10 Å². The van der Waals surface area contributed by atoms with Crippen molar-refractivity contribution >= 4 is 17.5 Å². The smallest absolute Gasteiger partial charge is 0.257 e. The molecular weight excluding hydrogens is 302 g/mol. The van der Waals surface area contributed by atoms with Gasteiger partial charge in [0.15, 0.2) is 0 Å². The molecule has 7 heteroatoms. The Morgan fingerprint density at radius 1 is 1.23 bits per heavy atom. The van der Waals surface area contributed by atoms with Gasteiger partial charge in [-0.05, 0) is 12.1 Å². The highest BCUT2D eigenvalue weighted by atomic mass is 35.5. The van der Waals surface area contributed by atoms with Gasteiger partial charge < -0.3 is 4.90 Å². The zero-order valence-electron chi connectivity index (χ0n) is 12.4. The normalized spacial score (nSPS) is 16.0. The van der Waals surface area contributed by atoms with Crippen molar-refractivity contribution in [3.63, 3.8) is 0 Å². The number of halogens is 1. The van der Waals surface area contributed by atoms with Crippen molar-refractivity contribution in [3.05, 3.63) is 47.0 Å². The molecule has 1 fully saturated rings. The zero-order chi connectivity index (χ0) is 15.5. The van der Waals surface area contributed by atoms with Crippen LogP contribution in [0.5, 0.6) is 0 Å². The number of carbonyl (C=O) groups excluding carboxylic acids is 1. The molecule has 2 aromatic heterocycles. The van der Waals surface area contributed by atoms with Crippen LogP contribution in [0.15, 0.2) is 30.7 Å². The summed E-state index contributed by atoms with van der Waals surface area (Å²) in [5.74, 6) is 0.0531. The van der Waals surface area contributed by atoms with E-state index in [2.05, 4.69) is 15.0 Å². The van der Waals surface area contributed by atoms with Gasteiger partial charge in [-0.25, -0.2) is 0 Å². The number of piperazine rings is 1. The topological polar surface area (TPSA) is 54.3 Å². The quantitative estimate of drug-likeness (QED) is 0.859. The summed E-state index contributed by atoms with van der Waals surface area (Å²) < 4.78 is 1.65. The summed E-state index contributed by atoms with van der Waals surface area (Å²) in [4.78, 5) is 20.8. The van der Waals surface area contributed by atoms with Gasteiger partial charge in [0.05, 0.1) is 22.5 Å². The van der Waals surface area contributed by atoms with Crippen LogP contribution in [0, 0.1) is 0 Å². The van der Waals surface area contributed by atoms with E-state index in [1.165, 1.54) is 0 Å². The third-order valence-electron chi connectivity index (χ3n) is 3.79. The Labute approximate surface area is 134 Å². The molecule has 0 unspecified atom stereocenters. The molecular formula is C15H18ClN5O. The van der Waals surface area contributed by atoms with E-state index >= 15 is 0 Å². The lowest BCUT2D eigenvalue weighted by molar-refractivity contribution is 0.0627. The number of hydrogen-bond donors (Lipinski definition) is 0. The van der Waals surface area contributed by atoms with Gasteiger partial charge in [-0.15, -0.1) is 0 Å². The van der Waals surface area contributed by atoms with Crippen LogP contribution in [0.4, 0.5) is 0 Å². The molecule has 1 saturated heterocycles. The number of rotatable bonds is 3. The number of pyridine rings is 1. The van der Waals surface area contributed by atoms with Crippen LogP contribution in [0.25, 0.3) is 0 Å². The predicted molar refractivity (Wildman–Crippen MR) is 83.6 cm³/mol. The Hall–Kier alpha value is -1.92. The van der Waals surface area contributed by atoms with Crippen LogP contribution < -0.4 is 0 Å². The first-order chi connectivity index (χ1) is 10.6. The molecule has 0 radical (unpaired) electrons. The van der Waals surface area contributed by atoms with E-state index in [-0.39, 0.29) is 5.91 Å². The number of hydrogen-bond acceptors (Lipinski definition) is 4. The van der Waals surface area contributed by atoms with Crippen molar-refractivity contribution in [3.8, 4) is 0 Å². The Morgan fingerprint density at radius 3 is 2.59 bits per heavy atom. The summed E-state index contributed by atoms with van der Waals surface area (Å²) in [6.07, 6.45) is 5.04. The largest absolute Gasteiger partial charge is 0.336 e.